The van der Waals surface area contributed by atoms with Crippen molar-refractivity contribution in [2.24, 2.45) is 5.92 Å². The lowest BCUT2D eigenvalue weighted by Gasteiger charge is -2.31. The van der Waals surface area contributed by atoms with Gasteiger partial charge in [-0.1, -0.05) is 0 Å². The highest BCUT2D eigenvalue weighted by molar-refractivity contribution is 5.91. The second kappa shape index (κ2) is 7.31. The lowest BCUT2D eigenvalue weighted by molar-refractivity contribution is 0.0899. The predicted molar refractivity (Wildman–Crippen MR) is 72.1 cm³/mol. The number of carbonyl (C=O) groups excluding carboxylic acids is 1. The molecule has 0 unspecified atom stereocenters. The van der Waals surface area contributed by atoms with Gasteiger partial charge in [-0.25, -0.2) is 0 Å². The topological polar surface area (TPSA) is 54.7 Å². The molecule has 1 aromatic heterocycles. The molecule has 1 saturated heterocycles. The maximum atomic E-state index is 11.7. The van der Waals surface area contributed by atoms with Gasteiger partial charge in [0.15, 0.2) is 5.76 Å². The van der Waals surface area contributed by atoms with Crippen molar-refractivity contribution in [3.63, 3.8) is 0 Å². The third-order valence-corrected chi connectivity index (χ3v) is 3.62. The molecule has 5 heteroatoms. The monoisotopic (exact) mass is 266 g/mol. The number of furan rings is 1. The fourth-order valence-corrected chi connectivity index (χ4v) is 2.37. The van der Waals surface area contributed by atoms with Crippen LogP contribution in [0.1, 0.15) is 23.4 Å². The van der Waals surface area contributed by atoms with E-state index in [1.54, 1.807) is 19.2 Å². The number of nitrogens with zero attached hydrogens (tertiary/aromatic N) is 1. The Morgan fingerprint density at radius 3 is 2.95 bits per heavy atom. The molecule has 0 bridgehead atoms. The lowest BCUT2D eigenvalue weighted by atomic mass is 9.97. The van der Waals surface area contributed by atoms with Crippen LogP contribution in [0.25, 0.3) is 0 Å². The Labute approximate surface area is 113 Å². The van der Waals surface area contributed by atoms with Crippen LogP contribution < -0.4 is 5.32 Å². The summed E-state index contributed by atoms with van der Waals surface area (Å²) in [5, 5.41) is 2.94. The Hall–Kier alpha value is -1.33. The number of rotatable bonds is 6. The second-order valence-corrected chi connectivity index (χ2v) is 4.97. The number of hydrogen-bond donors (Lipinski definition) is 1. The maximum absolute atomic E-state index is 11.7. The maximum Gasteiger partial charge on any atom is 0.286 e. The number of likely N-dealkylation sites (tertiary alicyclic amines) is 1. The first-order valence-electron chi connectivity index (χ1n) is 6.82. The Morgan fingerprint density at radius 1 is 1.53 bits per heavy atom. The highest BCUT2D eigenvalue weighted by Gasteiger charge is 2.19. The van der Waals surface area contributed by atoms with Crippen molar-refractivity contribution < 1.29 is 13.9 Å². The fraction of sp³-hybridized carbons (Fsp3) is 0.643. The molecule has 1 aliphatic heterocycles. The van der Waals surface area contributed by atoms with E-state index < -0.39 is 0 Å². The van der Waals surface area contributed by atoms with Crippen LogP contribution in [0, 0.1) is 5.92 Å². The molecule has 5 nitrogen and oxygen atoms in total. The molecule has 0 aliphatic carbocycles. The summed E-state index contributed by atoms with van der Waals surface area (Å²) >= 11 is 0. The summed E-state index contributed by atoms with van der Waals surface area (Å²) in [6, 6.07) is 3.41. The Bertz CT molecular complexity index is 370. The molecule has 1 fully saturated rings. The van der Waals surface area contributed by atoms with Gasteiger partial charge in [0.25, 0.3) is 5.91 Å². The number of methoxy groups -OCH3 is 1. The van der Waals surface area contributed by atoms with Gasteiger partial charge in [-0.2, -0.15) is 0 Å². The Balaban J connectivity index is 1.64. The summed E-state index contributed by atoms with van der Waals surface area (Å²) in [7, 11) is 1.73. The smallest absolute Gasteiger partial charge is 0.286 e. The van der Waals surface area contributed by atoms with Crippen LogP contribution in [0.2, 0.25) is 0 Å². The van der Waals surface area contributed by atoms with E-state index in [0.29, 0.717) is 11.7 Å². The van der Waals surface area contributed by atoms with E-state index in [-0.39, 0.29) is 5.91 Å². The van der Waals surface area contributed by atoms with E-state index in [2.05, 4.69) is 10.2 Å². The quantitative estimate of drug-likeness (QED) is 0.845. The van der Waals surface area contributed by atoms with Crippen LogP contribution in [0.15, 0.2) is 22.8 Å². The Morgan fingerprint density at radius 2 is 2.32 bits per heavy atom. The number of hydrogen-bond acceptors (Lipinski definition) is 4. The molecule has 0 aromatic carbocycles. The number of piperidine rings is 1. The van der Waals surface area contributed by atoms with Gasteiger partial charge in [0.1, 0.15) is 0 Å². The van der Waals surface area contributed by atoms with Gasteiger partial charge < -0.3 is 19.4 Å². The lowest BCUT2D eigenvalue weighted by Crippen LogP contribution is -2.39. The molecule has 19 heavy (non-hydrogen) atoms. The highest BCUT2D eigenvalue weighted by Crippen LogP contribution is 2.16. The molecule has 2 rings (SSSR count). The SMILES string of the molecule is COCCN1CCC(CNC(=O)c2ccco2)CC1. The van der Waals surface area contributed by atoms with Gasteiger partial charge in [-0.05, 0) is 44.0 Å². The normalized spacial score (nSPS) is 17.5. The fourth-order valence-electron chi connectivity index (χ4n) is 2.37. The van der Waals surface area contributed by atoms with Gasteiger partial charge in [0, 0.05) is 20.2 Å². The van der Waals surface area contributed by atoms with Crippen molar-refractivity contribution in [3.8, 4) is 0 Å². The van der Waals surface area contributed by atoms with Crippen molar-refractivity contribution in [1.29, 1.82) is 0 Å². The minimum Gasteiger partial charge on any atom is -0.459 e. The van der Waals surface area contributed by atoms with Crippen LogP contribution in [0.3, 0.4) is 0 Å². The zero-order chi connectivity index (χ0) is 13.5. The second-order valence-electron chi connectivity index (χ2n) is 4.97. The van der Waals surface area contributed by atoms with Gasteiger partial charge in [0.05, 0.1) is 12.9 Å². The summed E-state index contributed by atoms with van der Waals surface area (Å²) in [5.41, 5.74) is 0. The van der Waals surface area contributed by atoms with E-state index in [4.69, 9.17) is 9.15 Å². The van der Waals surface area contributed by atoms with E-state index in [1.165, 1.54) is 6.26 Å². The molecule has 2 heterocycles. The number of ether oxygens (including phenoxy) is 1. The number of amides is 1. The average molecular weight is 266 g/mol. The summed E-state index contributed by atoms with van der Waals surface area (Å²) in [5.74, 6) is 0.835. The zero-order valence-corrected chi connectivity index (χ0v) is 11.4. The van der Waals surface area contributed by atoms with Crippen molar-refractivity contribution in [2.45, 2.75) is 12.8 Å². The molecule has 0 atom stereocenters. The molecular formula is C14H22N2O3. The zero-order valence-electron chi connectivity index (χ0n) is 11.4. The molecule has 1 aromatic rings. The van der Waals surface area contributed by atoms with Gasteiger partial charge in [-0.15, -0.1) is 0 Å². The first-order valence-corrected chi connectivity index (χ1v) is 6.82. The third kappa shape index (κ3) is 4.36. The average Bonchev–Trinajstić information content (AvgIpc) is 2.98. The minimum atomic E-state index is -0.119. The van der Waals surface area contributed by atoms with Crippen LogP contribution in [-0.4, -0.2) is 50.7 Å². The van der Waals surface area contributed by atoms with Crippen molar-refractivity contribution in [2.75, 3.05) is 39.9 Å². The van der Waals surface area contributed by atoms with E-state index in [0.717, 1.165) is 45.6 Å². The molecule has 1 amide bonds. The van der Waals surface area contributed by atoms with Crippen molar-refractivity contribution in [3.05, 3.63) is 24.2 Å². The molecule has 0 saturated carbocycles. The highest BCUT2D eigenvalue weighted by atomic mass is 16.5. The van der Waals surface area contributed by atoms with Crippen LogP contribution in [0.4, 0.5) is 0 Å². The molecule has 1 aliphatic rings. The summed E-state index contributed by atoms with van der Waals surface area (Å²) in [6.07, 6.45) is 3.77. The van der Waals surface area contributed by atoms with Crippen LogP contribution in [-0.2, 0) is 4.74 Å². The predicted octanol–water partition coefficient (Wildman–Crippen LogP) is 1.37. The molecule has 106 valence electrons. The summed E-state index contributed by atoms with van der Waals surface area (Å²) in [4.78, 5) is 14.1. The van der Waals surface area contributed by atoms with Crippen LogP contribution >= 0.6 is 0 Å². The molecule has 0 radical (unpaired) electrons. The largest absolute Gasteiger partial charge is 0.459 e. The first kappa shape index (κ1) is 14.1. The number of nitrogens with one attached hydrogen (secondary N) is 1. The third-order valence-electron chi connectivity index (χ3n) is 3.62. The van der Waals surface area contributed by atoms with Crippen molar-refractivity contribution >= 4 is 5.91 Å². The summed E-state index contributed by atoms with van der Waals surface area (Å²) in [6.45, 7) is 4.70. The van der Waals surface area contributed by atoms with Crippen LogP contribution in [0.5, 0.6) is 0 Å². The molecule has 0 spiro atoms. The molecule has 1 N–H and O–H groups in total. The van der Waals surface area contributed by atoms with E-state index in [9.17, 15) is 4.79 Å². The van der Waals surface area contributed by atoms with Gasteiger partial charge in [0.2, 0.25) is 0 Å². The standard InChI is InChI=1S/C14H22N2O3/c1-18-10-8-16-6-4-12(5-7-16)11-15-14(17)13-3-2-9-19-13/h2-3,9,12H,4-8,10-11H2,1H3,(H,15,17). The minimum absolute atomic E-state index is 0.119. The Kier molecular flexibility index (Phi) is 5.42. The molecular weight excluding hydrogens is 244 g/mol. The number of carbonyl (C=O) groups is 1. The van der Waals surface area contributed by atoms with Gasteiger partial charge in [-0.3, -0.25) is 4.79 Å². The first-order chi connectivity index (χ1) is 9.29. The summed E-state index contributed by atoms with van der Waals surface area (Å²) < 4.78 is 10.1. The van der Waals surface area contributed by atoms with E-state index >= 15 is 0 Å². The van der Waals surface area contributed by atoms with Gasteiger partial charge >= 0.3 is 0 Å². The van der Waals surface area contributed by atoms with E-state index in [1.807, 2.05) is 0 Å². The van der Waals surface area contributed by atoms with Crippen molar-refractivity contribution in [1.82, 2.24) is 10.2 Å².